The average molecular weight is 254 g/mol. The summed E-state index contributed by atoms with van der Waals surface area (Å²) in [4.78, 5) is 0. The van der Waals surface area contributed by atoms with E-state index >= 15 is 0 Å². The zero-order chi connectivity index (χ0) is 8.43. The van der Waals surface area contributed by atoms with Crippen molar-refractivity contribution in [1.82, 2.24) is 0 Å². The lowest BCUT2D eigenvalue weighted by Gasteiger charge is -1.98. The normalized spacial score (nSPS) is 9.73. The molecule has 0 bridgehead atoms. The van der Waals surface area contributed by atoms with E-state index in [1.807, 2.05) is 0 Å². The summed E-state index contributed by atoms with van der Waals surface area (Å²) in [5, 5.41) is 0. The van der Waals surface area contributed by atoms with Crippen LogP contribution in [-0.4, -0.2) is 4.32 Å². The quantitative estimate of drug-likeness (QED) is 0.545. The van der Waals surface area contributed by atoms with Crippen molar-refractivity contribution < 1.29 is 4.39 Å². The largest absolute Gasteiger partial charge is 0.206 e. The fraction of sp³-hybridized carbons (Fsp3) is 0. The van der Waals surface area contributed by atoms with Crippen LogP contribution < -0.4 is 0 Å². The van der Waals surface area contributed by atoms with Crippen LogP contribution in [0.25, 0.3) is 0 Å². The van der Waals surface area contributed by atoms with E-state index in [0.717, 1.165) is 4.47 Å². The monoisotopic (exact) mass is 252 g/mol. The first-order valence-electron chi connectivity index (χ1n) is 2.76. The molecule has 0 aliphatic carbocycles. The molecule has 0 aliphatic rings. The molecule has 0 spiro atoms. The smallest absolute Gasteiger partial charge is 0.132 e. The molecule has 1 rings (SSSR count). The van der Waals surface area contributed by atoms with Crippen LogP contribution in [0.15, 0.2) is 22.7 Å². The maximum absolute atomic E-state index is 12.8. The molecule has 0 aromatic heterocycles. The molecule has 0 unspecified atom stereocenters. The summed E-state index contributed by atoms with van der Waals surface area (Å²) >= 11 is 13.2. The first-order valence-corrected chi connectivity index (χ1v) is 4.34. The topological polar surface area (TPSA) is 0 Å². The van der Waals surface area contributed by atoms with Crippen molar-refractivity contribution >= 4 is 44.1 Å². The number of rotatable bonds is 1. The Morgan fingerprint density at radius 3 is 2.64 bits per heavy atom. The summed E-state index contributed by atoms with van der Waals surface area (Å²) < 4.78 is 13.6. The molecule has 0 nitrogen and oxygen atoms in total. The molecule has 0 saturated carbocycles. The molecule has 0 heterocycles. The van der Waals surface area contributed by atoms with Crippen LogP contribution >= 0.6 is 39.7 Å². The van der Waals surface area contributed by atoms with E-state index in [0.29, 0.717) is 0 Å². The van der Waals surface area contributed by atoms with Crippen molar-refractivity contribution in [2.24, 2.45) is 0 Å². The van der Waals surface area contributed by atoms with E-state index in [4.69, 9.17) is 11.6 Å². The molecule has 4 heteroatoms. The van der Waals surface area contributed by atoms with Gasteiger partial charge in [0.15, 0.2) is 0 Å². The van der Waals surface area contributed by atoms with Gasteiger partial charge in [0.1, 0.15) is 10.1 Å². The Hall–Kier alpha value is 0.01000. The Kier molecular flexibility index (Phi) is 2.98. The lowest BCUT2D eigenvalue weighted by atomic mass is 10.2. The van der Waals surface area contributed by atoms with Gasteiger partial charge < -0.3 is 0 Å². The van der Waals surface area contributed by atoms with Gasteiger partial charge in [-0.05, 0) is 18.2 Å². The highest BCUT2D eigenvalue weighted by Gasteiger charge is 2.04. The van der Waals surface area contributed by atoms with Crippen LogP contribution in [0.3, 0.4) is 0 Å². The van der Waals surface area contributed by atoms with Crippen LogP contribution in [0.5, 0.6) is 0 Å². The third-order valence-electron chi connectivity index (χ3n) is 1.14. The van der Waals surface area contributed by atoms with Gasteiger partial charge in [-0.25, -0.2) is 4.39 Å². The number of hydrogen-bond acceptors (Lipinski definition) is 1. The molecule has 1 aromatic carbocycles. The Morgan fingerprint density at radius 1 is 1.55 bits per heavy atom. The maximum Gasteiger partial charge on any atom is 0.132 e. The van der Waals surface area contributed by atoms with E-state index in [1.165, 1.54) is 6.07 Å². The number of benzene rings is 1. The van der Waals surface area contributed by atoms with Crippen molar-refractivity contribution in [3.63, 3.8) is 0 Å². The third kappa shape index (κ3) is 2.22. The Morgan fingerprint density at radius 2 is 2.18 bits per heavy atom. The number of halogens is 3. The molecule has 0 atom stereocenters. The Balaban J connectivity index is 3.23. The van der Waals surface area contributed by atoms with Crippen LogP contribution in [0.4, 0.5) is 4.39 Å². The summed E-state index contributed by atoms with van der Waals surface area (Å²) in [6, 6.07) is 4.45. The molecular formula is C7H3BrClFS. The molecule has 0 fully saturated rings. The first kappa shape index (κ1) is 9.10. The highest BCUT2D eigenvalue weighted by atomic mass is 79.9. The van der Waals surface area contributed by atoms with Crippen LogP contribution in [0.2, 0.25) is 0 Å². The van der Waals surface area contributed by atoms with Gasteiger partial charge in [0, 0.05) is 10.0 Å². The molecular weight excluding hydrogens is 250 g/mol. The molecule has 1 aromatic rings. The van der Waals surface area contributed by atoms with E-state index in [-0.39, 0.29) is 9.89 Å². The maximum atomic E-state index is 12.8. The van der Waals surface area contributed by atoms with Gasteiger partial charge in [-0.15, -0.1) is 0 Å². The van der Waals surface area contributed by atoms with E-state index in [1.54, 1.807) is 12.1 Å². The van der Waals surface area contributed by atoms with Crippen molar-refractivity contribution in [3.05, 3.63) is 34.1 Å². The van der Waals surface area contributed by atoms with Gasteiger partial charge in [-0.2, -0.15) is 0 Å². The van der Waals surface area contributed by atoms with Crippen molar-refractivity contribution in [2.75, 3.05) is 0 Å². The summed E-state index contributed by atoms with van der Waals surface area (Å²) in [5.74, 6) is -0.395. The van der Waals surface area contributed by atoms with Gasteiger partial charge in [0.2, 0.25) is 0 Å². The molecule has 58 valence electrons. The minimum atomic E-state index is -0.395. The zero-order valence-corrected chi connectivity index (χ0v) is 8.43. The number of hydrogen-bond donors (Lipinski definition) is 0. The van der Waals surface area contributed by atoms with Crippen molar-refractivity contribution in [1.29, 1.82) is 0 Å². The predicted octanol–water partition coefficient (Wildman–Crippen LogP) is 3.50. The predicted molar refractivity (Wildman–Crippen MR) is 51.7 cm³/mol. The first-order chi connectivity index (χ1) is 5.11. The second-order valence-corrected chi connectivity index (χ2v) is 3.82. The summed E-state index contributed by atoms with van der Waals surface area (Å²) in [6.07, 6.45) is 0. The van der Waals surface area contributed by atoms with Crippen LogP contribution in [0.1, 0.15) is 5.56 Å². The minimum Gasteiger partial charge on any atom is -0.206 e. The zero-order valence-electron chi connectivity index (χ0n) is 5.27. The van der Waals surface area contributed by atoms with Crippen molar-refractivity contribution in [2.45, 2.75) is 0 Å². The van der Waals surface area contributed by atoms with Gasteiger partial charge >= 0.3 is 0 Å². The SMILES string of the molecule is Fc1ccc(Br)cc1C(=S)Cl. The summed E-state index contributed by atoms with van der Waals surface area (Å²) in [6.45, 7) is 0. The molecule has 0 N–H and O–H groups in total. The lowest BCUT2D eigenvalue weighted by molar-refractivity contribution is 0.626. The molecule has 0 saturated heterocycles. The second kappa shape index (κ2) is 3.61. The molecule has 11 heavy (non-hydrogen) atoms. The summed E-state index contributed by atoms with van der Waals surface area (Å²) in [7, 11) is 0. The van der Waals surface area contributed by atoms with Gasteiger partial charge in [0.05, 0.1) is 0 Å². The Bertz CT molecular complexity index is 300. The third-order valence-corrected chi connectivity index (χ3v) is 2.06. The van der Waals surface area contributed by atoms with Gasteiger partial charge in [-0.3, -0.25) is 0 Å². The van der Waals surface area contributed by atoms with Gasteiger partial charge in [-0.1, -0.05) is 39.7 Å². The van der Waals surface area contributed by atoms with Gasteiger partial charge in [0.25, 0.3) is 0 Å². The van der Waals surface area contributed by atoms with E-state index < -0.39 is 5.82 Å². The van der Waals surface area contributed by atoms with E-state index in [2.05, 4.69) is 28.1 Å². The second-order valence-electron chi connectivity index (χ2n) is 1.90. The molecule has 0 aliphatic heterocycles. The average Bonchev–Trinajstić information content (AvgIpc) is 1.94. The van der Waals surface area contributed by atoms with Crippen LogP contribution in [-0.2, 0) is 0 Å². The fourth-order valence-corrected chi connectivity index (χ4v) is 1.31. The number of thiocarbonyl (C=S) groups is 1. The standard InChI is InChI=1S/C7H3BrClFS/c8-4-1-2-6(10)5(3-4)7(9)11/h1-3H. The van der Waals surface area contributed by atoms with Crippen LogP contribution in [0, 0.1) is 5.82 Å². The molecule has 0 radical (unpaired) electrons. The molecule has 0 amide bonds. The lowest BCUT2D eigenvalue weighted by Crippen LogP contribution is -1.91. The minimum absolute atomic E-state index is 0.0452. The fourth-order valence-electron chi connectivity index (χ4n) is 0.648. The summed E-state index contributed by atoms with van der Waals surface area (Å²) in [5.41, 5.74) is 0.260. The highest BCUT2D eigenvalue weighted by molar-refractivity contribution is 9.10. The Labute approximate surface area is 82.5 Å². The van der Waals surface area contributed by atoms with Crippen molar-refractivity contribution in [3.8, 4) is 0 Å². The highest BCUT2D eigenvalue weighted by Crippen LogP contribution is 2.17. The van der Waals surface area contributed by atoms with E-state index in [9.17, 15) is 4.39 Å².